The molecule has 1 aliphatic rings. The quantitative estimate of drug-likeness (QED) is 0.776. The largest absolute Gasteiger partial charge is 0.481 e. The zero-order valence-corrected chi connectivity index (χ0v) is 9.43. The molecule has 0 saturated heterocycles. The summed E-state index contributed by atoms with van der Waals surface area (Å²) in [6.07, 6.45) is 5.75. The van der Waals surface area contributed by atoms with E-state index in [0.29, 0.717) is 0 Å². The number of carbonyl (C=O) groups is 2. The maximum absolute atomic E-state index is 11.7. The van der Waals surface area contributed by atoms with E-state index in [1.807, 2.05) is 0 Å². The summed E-state index contributed by atoms with van der Waals surface area (Å²) in [5, 5.41) is 15.6. The summed E-state index contributed by atoms with van der Waals surface area (Å²) < 4.78 is 1.52. The number of carboxylic acid groups (broad SMARTS) is 1. The first kappa shape index (κ1) is 11.6. The monoisotopic (exact) mass is 237 g/mol. The minimum absolute atomic E-state index is 0.00214. The summed E-state index contributed by atoms with van der Waals surface area (Å²) in [5.41, 5.74) is -0.532. The highest BCUT2D eigenvalue weighted by Gasteiger charge is 2.40. The summed E-state index contributed by atoms with van der Waals surface area (Å²) in [5.74, 6) is -1.06. The number of carboxylic acids is 1. The van der Waals surface area contributed by atoms with E-state index in [0.717, 1.165) is 19.3 Å². The van der Waals surface area contributed by atoms with Crippen LogP contribution >= 0.6 is 0 Å². The molecule has 1 aliphatic carbocycles. The molecular weight excluding hydrogens is 222 g/mol. The Labute approximate surface area is 98.6 Å². The Kier molecular flexibility index (Phi) is 3.12. The summed E-state index contributed by atoms with van der Waals surface area (Å²) in [6, 6.07) is 1.74. The van der Waals surface area contributed by atoms with Crippen molar-refractivity contribution >= 4 is 11.9 Å². The molecule has 1 aromatic rings. The standard InChI is InChI=1S/C11H15N3O3/c15-9(8-14-6-2-5-12-14)13-11(3-1-4-11)7-10(16)17/h2,5-6H,1,3-4,7-8H2,(H,13,15)(H,16,17). The Morgan fingerprint density at radius 1 is 1.47 bits per heavy atom. The van der Waals surface area contributed by atoms with Gasteiger partial charge in [-0.25, -0.2) is 0 Å². The summed E-state index contributed by atoms with van der Waals surface area (Å²) in [7, 11) is 0. The lowest BCUT2D eigenvalue weighted by atomic mass is 9.74. The van der Waals surface area contributed by atoms with Crippen molar-refractivity contribution in [1.82, 2.24) is 15.1 Å². The molecule has 1 fully saturated rings. The van der Waals surface area contributed by atoms with Gasteiger partial charge in [-0.3, -0.25) is 14.3 Å². The van der Waals surface area contributed by atoms with Crippen molar-refractivity contribution in [3.8, 4) is 0 Å². The first-order valence-electron chi connectivity index (χ1n) is 5.60. The van der Waals surface area contributed by atoms with Crippen LogP contribution in [0.15, 0.2) is 18.5 Å². The highest BCUT2D eigenvalue weighted by Crippen LogP contribution is 2.34. The third-order valence-corrected chi connectivity index (χ3v) is 3.07. The number of aliphatic carboxylic acids is 1. The molecule has 0 aromatic carbocycles. The van der Waals surface area contributed by atoms with E-state index >= 15 is 0 Å². The smallest absolute Gasteiger partial charge is 0.305 e. The minimum atomic E-state index is -0.871. The number of nitrogens with zero attached hydrogens (tertiary/aromatic N) is 2. The average molecular weight is 237 g/mol. The van der Waals surface area contributed by atoms with Gasteiger partial charge in [0.05, 0.1) is 12.0 Å². The SMILES string of the molecule is O=C(O)CC1(NC(=O)Cn2cccn2)CCC1. The lowest BCUT2D eigenvalue weighted by Crippen LogP contribution is -2.55. The second-order valence-corrected chi connectivity index (χ2v) is 4.46. The van der Waals surface area contributed by atoms with E-state index in [9.17, 15) is 9.59 Å². The Bertz CT molecular complexity index is 410. The molecule has 1 saturated carbocycles. The van der Waals surface area contributed by atoms with Crippen LogP contribution in [0.3, 0.4) is 0 Å². The van der Waals surface area contributed by atoms with Gasteiger partial charge in [0.1, 0.15) is 6.54 Å². The number of hydrogen-bond acceptors (Lipinski definition) is 3. The summed E-state index contributed by atoms with van der Waals surface area (Å²) >= 11 is 0. The van der Waals surface area contributed by atoms with Gasteiger partial charge in [0, 0.05) is 12.4 Å². The van der Waals surface area contributed by atoms with Crippen LogP contribution in [0.5, 0.6) is 0 Å². The van der Waals surface area contributed by atoms with Gasteiger partial charge < -0.3 is 10.4 Å². The van der Waals surface area contributed by atoms with E-state index in [4.69, 9.17) is 5.11 Å². The number of nitrogens with one attached hydrogen (secondary N) is 1. The van der Waals surface area contributed by atoms with Gasteiger partial charge in [0.15, 0.2) is 0 Å². The van der Waals surface area contributed by atoms with Crippen molar-refractivity contribution < 1.29 is 14.7 Å². The fraction of sp³-hybridized carbons (Fsp3) is 0.545. The van der Waals surface area contributed by atoms with Gasteiger partial charge in [0.25, 0.3) is 0 Å². The third kappa shape index (κ3) is 2.83. The molecule has 6 nitrogen and oxygen atoms in total. The fourth-order valence-electron chi connectivity index (χ4n) is 2.12. The van der Waals surface area contributed by atoms with Gasteiger partial charge >= 0.3 is 5.97 Å². The van der Waals surface area contributed by atoms with Crippen LogP contribution in [0.25, 0.3) is 0 Å². The van der Waals surface area contributed by atoms with E-state index in [-0.39, 0.29) is 18.9 Å². The number of rotatable bonds is 5. The molecule has 0 atom stereocenters. The molecule has 2 rings (SSSR count). The molecule has 1 aromatic heterocycles. The van der Waals surface area contributed by atoms with Crippen molar-refractivity contribution in [1.29, 1.82) is 0 Å². The predicted octanol–water partition coefficient (Wildman–Crippen LogP) is 0.397. The Balaban J connectivity index is 1.90. The number of carbonyl (C=O) groups excluding carboxylic acids is 1. The first-order valence-corrected chi connectivity index (χ1v) is 5.60. The van der Waals surface area contributed by atoms with Crippen LogP contribution in [0, 0.1) is 0 Å². The van der Waals surface area contributed by atoms with E-state index in [1.165, 1.54) is 4.68 Å². The van der Waals surface area contributed by atoms with E-state index < -0.39 is 11.5 Å². The van der Waals surface area contributed by atoms with Crippen molar-refractivity contribution in [2.45, 2.75) is 37.8 Å². The molecule has 1 heterocycles. The fourth-order valence-corrected chi connectivity index (χ4v) is 2.12. The normalized spacial score (nSPS) is 17.2. The molecule has 17 heavy (non-hydrogen) atoms. The highest BCUT2D eigenvalue weighted by molar-refractivity contribution is 5.78. The average Bonchev–Trinajstić information content (AvgIpc) is 2.66. The zero-order valence-electron chi connectivity index (χ0n) is 9.43. The topological polar surface area (TPSA) is 84.2 Å². The van der Waals surface area contributed by atoms with E-state index in [1.54, 1.807) is 18.5 Å². The molecule has 1 amide bonds. The lowest BCUT2D eigenvalue weighted by Gasteiger charge is -2.41. The van der Waals surface area contributed by atoms with Crippen LogP contribution in [0.4, 0.5) is 0 Å². The van der Waals surface area contributed by atoms with Crippen molar-refractivity contribution in [3.05, 3.63) is 18.5 Å². The van der Waals surface area contributed by atoms with Gasteiger partial charge in [-0.05, 0) is 25.3 Å². The maximum Gasteiger partial charge on any atom is 0.305 e. The molecule has 2 N–H and O–H groups in total. The molecule has 0 unspecified atom stereocenters. The Morgan fingerprint density at radius 2 is 2.24 bits per heavy atom. The minimum Gasteiger partial charge on any atom is -0.481 e. The van der Waals surface area contributed by atoms with Crippen LogP contribution in [0.2, 0.25) is 0 Å². The molecular formula is C11H15N3O3. The Morgan fingerprint density at radius 3 is 2.71 bits per heavy atom. The molecule has 0 spiro atoms. The van der Waals surface area contributed by atoms with Crippen molar-refractivity contribution in [3.63, 3.8) is 0 Å². The lowest BCUT2D eigenvalue weighted by molar-refractivity contribution is -0.140. The van der Waals surface area contributed by atoms with Crippen LogP contribution in [-0.2, 0) is 16.1 Å². The van der Waals surface area contributed by atoms with Gasteiger partial charge in [0.2, 0.25) is 5.91 Å². The van der Waals surface area contributed by atoms with Crippen LogP contribution in [-0.4, -0.2) is 32.3 Å². The van der Waals surface area contributed by atoms with Gasteiger partial charge in [-0.15, -0.1) is 0 Å². The summed E-state index contributed by atoms with van der Waals surface area (Å²) in [6.45, 7) is 0.133. The van der Waals surface area contributed by atoms with Crippen molar-refractivity contribution in [2.24, 2.45) is 0 Å². The third-order valence-electron chi connectivity index (χ3n) is 3.07. The maximum atomic E-state index is 11.7. The number of hydrogen-bond donors (Lipinski definition) is 2. The second-order valence-electron chi connectivity index (χ2n) is 4.46. The number of aromatic nitrogens is 2. The molecule has 92 valence electrons. The second kappa shape index (κ2) is 4.57. The van der Waals surface area contributed by atoms with Gasteiger partial charge in [-0.2, -0.15) is 5.10 Å². The number of amides is 1. The van der Waals surface area contributed by atoms with Gasteiger partial charge in [-0.1, -0.05) is 0 Å². The van der Waals surface area contributed by atoms with Crippen LogP contribution in [0.1, 0.15) is 25.7 Å². The molecule has 0 radical (unpaired) electrons. The molecule has 0 aliphatic heterocycles. The Hall–Kier alpha value is -1.85. The molecule has 0 bridgehead atoms. The first-order chi connectivity index (χ1) is 8.10. The zero-order chi connectivity index (χ0) is 12.3. The molecule has 6 heteroatoms. The summed E-state index contributed by atoms with van der Waals surface area (Å²) in [4.78, 5) is 22.5. The predicted molar refractivity (Wildman–Crippen MR) is 59.2 cm³/mol. The highest BCUT2D eigenvalue weighted by atomic mass is 16.4. The van der Waals surface area contributed by atoms with E-state index in [2.05, 4.69) is 10.4 Å². The van der Waals surface area contributed by atoms with Crippen LogP contribution < -0.4 is 5.32 Å². The van der Waals surface area contributed by atoms with Crippen molar-refractivity contribution in [2.75, 3.05) is 0 Å².